The second-order valence-electron chi connectivity index (χ2n) is 5.05. The van der Waals surface area contributed by atoms with Crippen molar-refractivity contribution in [3.05, 3.63) is 0 Å². The minimum Gasteiger partial charge on any atom is -0.342 e. The molecule has 86 valence electrons. The van der Waals surface area contributed by atoms with Gasteiger partial charge in [-0.15, -0.1) is 0 Å². The lowest BCUT2D eigenvalue weighted by molar-refractivity contribution is -0.136. The molecule has 2 rings (SSSR count). The number of nitrogens with one attached hydrogen (secondary N) is 1. The van der Waals surface area contributed by atoms with Crippen LogP contribution >= 0.6 is 0 Å². The van der Waals surface area contributed by atoms with Crippen molar-refractivity contribution in [1.29, 1.82) is 0 Å². The lowest BCUT2D eigenvalue weighted by Crippen LogP contribution is -2.50. The molecule has 15 heavy (non-hydrogen) atoms. The Labute approximate surface area is 92.2 Å². The first kappa shape index (κ1) is 10.9. The first-order chi connectivity index (χ1) is 7.22. The summed E-state index contributed by atoms with van der Waals surface area (Å²) in [6.45, 7) is 8.35. The van der Waals surface area contributed by atoms with Gasteiger partial charge in [0.15, 0.2) is 0 Å². The van der Waals surface area contributed by atoms with Crippen LogP contribution in [0.3, 0.4) is 0 Å². The number of carbonyl (C=O) groups excluding carboxylic acids is 1. The van der Waals surface area contributed by atoms with Crippen LogP contribution in [0.25, 0.3) is 0 Å². The maximum absolute atomic E-state index is 12.1. The molecule has 0 aliphatic carbocycles. The fourth-order valence-electron chi connectivity index (χ4n) is 2.52. The van der Waals surface area contributed by atoms with Gasteiger partial charge in [0.2, 0.25) is 5.91 Å². The van der Waals surface area contributed by atoms with Gasteiger partial charge in [-0.05, 0) is 31.3 Å². The van der Waals surface area contributed by atoms with Crippen LogP contribution < -0.4 is 5.32 Å². The van der Waals surface area contributed by atoms with E-state index in [1.807, 2.05) is 0 Å². The highest BCUT2D eigenvalue weighted by Gasteiger charge is 2.34. The van der Waals surface area contributed by atoms with Crippen LogP contribution in [-0.2, 0) is 4.79 Å². The Morgan fingerprint density at radius 2 is 2.27 bits per heavy atom. The standard InChI is InChI=1S/C12H22N2O/c1-3-10-4-5-14(8-10)12(15)9(2)11-6-13-7-11/h9-11,13H,3-8H2,1-2H3. The average molecular weight is 210 g/mol. The zero-order valence-electron chi connectivity index (χ0n) is 9.83. The van der Waals surface area contributed by atoms with E-state index in [1.165, 1.54) is 12.8 Å². The summed E-state index contributed by atoms with van der Waals surface area (Å²) < 4.78 is 0. The highest BCUT2D eigenvalue weighted by Crippen LogP contribution is 2.24. The second kappa shape index (κ2) is 4.52. The Kier molecular flexibility index (Phi) is 3.29. The molecule has 0 aromatic carbocycles. The average Bonchev–Trinajstić information content (AvgIpc) is 2.61. The molecule has 2 aliphatic heterocycles. The quantitative estimate of drug-likeness (QED) is 0.756. The number of carbonyl (C=O) groups is 1. The van der Waals surface area contributed by atoms with Gasteiger partial charge in [0.1, 0.15) is 0 Å². The summed E-state index contributed by atoms with van der Waals surface area (Å²) in [5, 5.41) is 3.24. The Morgan fingerprint density at radius 3 is 2.73 bits per heavy atom. The minimum absolute atomic E-state index is 0.224. The predicted octanol–water partition coefficient (Wildman–Crippen LogP) is 1.10. The van der Waals surface area contributed by atoms with E-state index in [9.17, 15) is 4.79 Å². The molecule has 2 saturated heterocycles. The van der Waals surface area contributed by atoms with E-state index < -0.39 is 0 Å². The van der Waals surface area contributed by atoms with Gasteiger partial charge in [0.25, 0.3) is 0 Å². The first-order valence-corrected chi connectivity index (χ1v) is 6.22. The molecule has 1 N–H and O–H groups in total. The third-order valence-electron chi connectivity index (χ3n) is 4.08. The van der Waals surface area contributed by atoms with Crippen LogP contribution in [0.5, 0.6) is 0 Å². The minimum atomic E-state index is 0.224. The summed E-state index contributed by atoms with van der Waals surface area (Å²) in [6, 6.07) is 0. The molecule has 1 amide bonds. The largest absolute Gasteiger partial charge is 0.342 e. The molecule has 0 spiro atoms. The molecular weight excluding hydrogens is 188 g/mol. The summed E-state index contributed by atoms with van der Waals surface area (Å²) in [5.41, 5.74) is 0. The second-order valence-corrected chi connectivity index (χ2v) is 5.05. The van der Waals surface area contributed by atoms with Crippen LogP contribution in [0.4, 0.5) is 0 Å². The first-order valence-electron chi connectivity index (χ1n) is 6.22. The van der Waals surface area contributed by atoms with E-state index in [-0.39, 0.29) is 5.92 Å². The number of hydrogen-bond donors (Lipinski definition) is 1. The molecule has 0 radical (unpaired) electrons. The van der Waals surface area contributed by atoms with Crippen molar-refractivity contribution in [2.75, 3.05) is 26.2 Å². The summed E-state index contributed by atoms with van der Waals surface area (Å²) in [7, 11) is 0. The van der Waals surface area contributed by atoms with E-state index in [0.29, 0.717) is 11.8 Å². The van der Waals surface area contributed by atoms with Crippen LogP contribution in [0, 0.1) is 17.8 Å². The third-order valence-corrected chi connectivity index (χ3v) is 4.08. The van der Waals surface area contributed by atoms with Crippen molar-refractivity contribution < 1.29 is 4.79 Å². The summed E-state index contributed by atoms with van der Waals surface area (Å²) in [6.07, 6.45) is 2.42. The zero-order chi connectivity index (χ0) is 10.8. The van der Waals surface area contributed by atoms with Crippen LogP contribution in [0.2, 0.25) is 0 Å². The summed E-state index contributed by atoms with van der Waals surface area (Å²) in [4.78, 5) is 14.2. The van der Waals surface area contributed by atoms with Crippen molar-refractivity contribution in [2.45, 2.75) is 26.7 Å². The van der Waals surface area contributed by atoms with E-state index in [1.54, 1.807) is 0 Å². The Balaban J connectivity index is 1.85. The smallest absolute Gasteiger partial charge is 0.225 e. The molecule has 2 atom stereocenters. The van der Waals surface area contributed by atoms with E-state index in [4.69, 9.17) is 0 Å². The monoisotopic (exact) mass is 210 g/mol. The Bertz CT molecular complexity index is 238. The van der Waals surface area contributed by atoms with Gasteiger partial charge in [-0.25, -0.2) is 0 Å². The topological polar surface area (TPSA) is 32.3 Å². The molecule has 0 aromatic rings. The fraction of sp³-hybridized carbons (Fsp3) is 0.917. The SMILES string of the molecule is CCC1CCN(C(=O)C(C)C2CNC2)C1. The van der Waals surface area contributed by atoms with E-state index >= 15 is 0 Å². The lowest BCUT2D eigenvalue weighted by Gasteiger charge is -2.34. The number of nitrogens with zero attached hydrogens (tertiary/aromatic N) is 1. The number of amides is 1. The number of rotatable bonds is 3. The molecule has 2 aliphatic rings. The van der Waals surface area contributed by atoms with Crippen molar-refractivity contribution in [2.24, 2.45) is 17.8 Å². The number of hydrogen-bond acceptors (Lipinski definition) is 2. The number of likely N-dealkylation sites (tertiary alicyclic amines) is 1. The molecular formula is C12H22N2O. The molecule has 0 bridgehead atoms. The van der Waals surface area contributed by atoms with Gasteiger partial charge in [-0.3, -0.25) is 4.79 Å². The van der Waals surface area contributed by atoms with Gasteiger partial charge in [0.05, 0.1) is 0 Å². The van der Waals surface area contributed by atoms with Crippen molar-refractivity contribution in [3.63, 3.8) is 0 Å². The molecule has 0 aromatic heterocycles. The third kappa shape index (κ3) is 2.17. The van der Waals surface area contributed by atoms with Crippen LogP contribution in [-0.4, -0.2) is 37.0 Å². The normalized spacial score (nSPS) is 28.9. The van der Waals surface area contributed by atoms with E-state index in [2.05, 4.69) is 24.1 Å². The lowest BCUT2D eigenvalue weighted by atomic mass is 9.88. The maximum Gasteiger partial charge on any atom is 0.225 e. The van der Waals surface area contributed by atoms with Crippen LogP contribution in [0.15, 0.2) is 0 Å². The van der Waals surface area contributed by atoms with Gasteiger partial charge < -0.3 is 10.2 Å². The van der Waals surface area contributed by atoms with Crippen molar-refractivity contribution >= 4 is 5.91 Å². The molecule has 2 fully saturated rings. The van der Waals surface area contributed by atoms with Crippen molar-refractivity contribution in [1.82, 2.24) is 10.2 Å². The van der Waals surface area contributed by atoms with Crippen LogP contribution in [0.1, 0.15) is 26.7 Å². The Hall–Kier alpha value is -0.570. The zero-order valence-corrected chi connectivity index (χ0v) is 9.83. The van der Waals surface area contributed by atoms with Gasteiger partial charge >= 0.3 is 0 Å². The molecule has 3 nitrogen and oxygen atoms in total. The predicted molar refractivity (Wildman–Crippen MR) is 60.5 cm³/mol. The van der Waals surface area contributed by atoms with Crippen molar-refractivity contribution in [3.8, 4) is 0 Å². The highest BCUT2D eigenvalue weighted by molar-refractivity contribution is 5.79. The summed E-state index contributed by atoms with van der Waals surface area (Å²) in [5.74, 6) is 1.94. The molecule has 2 unspecified atom stereocenters. The van der Waals surface area contributed by atoms with E-state index in [0.717, 1.165) is 32.1 Å². The fourth-order valence-corrected chi connectivity index (χ4v) is 2.52. The summed E-state index contributed by atoms with van der Waals surface area (Å²) >= 11 is 0. The maximum atomic E-state index is 12.1. The molecule has 0 saturated carbocycles. The van der Waals surface area contributed by atoms with Gasteiger partial charge in [-0.2, -0.15) is 0 Å². The molecule has 2 heterocycles. The van der Waals surface area contributed by atoms with Gasteiger partial charge in [0, 0.05) is 19.0 Å². The van der Waals surface area contributed by atoms with Gasteiger partial charge in [-0.1, -0.05) is 20.3 Å². The Morgan fingerprint density at radius 1 is 1.53 bits per heavy atom. The molecule has 3 heteroatoms. The highest BCUT2D eigenvalue weighted by atomic mass is 16.2.